The lowest BCUT2D eigenvalue weighted by Gasteiger charge is -2.15. The summed E-state index contributed by atoms with van der Waals surface area (Å²) < 4.78 is 121. The van der Waals surface area contributed by atoms with Crippen molar-refractivity contribution in [2.75, 3.05) is 23.7 Å². The number of nitrogens with one attached hydrogen (secondary N) is 2. The zero-order valence-electron chi connectivity index (χ0n) is 64.7. The molecule has 15 aromatic carbocycles. The standard InChI is InChI=1S/C98H72N2O18S2/c1-63-5-9-65(10-6-63)95(101)67-13-29-75(30-14-67)111-81-45-49-83(50-46-81)113-77-33-17-69(18-34-77)97(103)71-21-37-87(38-22-71)117-91-59-57-89(109-3)61-93(91)119(105,106)99-73-25-41-79(42-26-73)115-85-53-55-86(56-54-85)116-80-43-27-74(28-44-80)100-120(107,108)94-62-90(110-4)58-60-92(94)118-88-39-23-72(24-40-88)98(104)70-19-35-78(36-20-70)114-84-51-47-82(48-52-84)112-76-31-15-68(16-32-76)96(102)66-11-7-64(2)8-12-66/h5-62,99-100H,1-4H3. The normalized spacial score (nSPS) is 11.1. The summed E-state index contributed by atoms with van der Waals surface area (Å²) in [7, 11) is -5.78. The van der Waals surface area contributed by atoms with E-state index in [1.165, 1.54) is 38.5 Å². The first-order valence-electron chi connectivity index (χ1n) is 37.4. The van der Waals surface area contributed by atoms with Gasteiger partial charge < -0.3 is 47.4 Å². The number of carbonyl (C=O) groups excluding carboxylic acids is 4. The smallest absolute Gasteiger partial charge is 0.265 e. The van der Waals surface area contributed by atoms with Crippen LogP contribution in [0.15, 0.2) is 362 Å². The van der Waals surface area contributed by atoms with Crippen LogP contribution in [0.1, 0.15) is 74.8 Å². The summed E-state index contributed by atoms with van der Waals surface area (Å²) in [6.07, 6.45) is 0. The van der Waals surface area contributed by atoms with Crippen molar-refractivity contribution in [2.24, 2.45) is 0 Å². The zero-order chi connectivity index (χ0) is 83.3. The summed E-state index contributed by atoms with van der Waals surface area (Å²) >= 11 is 0. The molecule has 0 aromatic heterocycles. The van der Waals surface area contributed by atoms with Gasteiger partial charge in [-0.15, -0.1) is 0 Å². The highest BCUT2D eigenvalue weighted by molar-refractivity contribution is 7.93. The van der Waals surface area contributed by atoms with Crippen LogP contribution in [-0.2, 0) is 20.0 Å². The minimum absolute atomic E-state index is 0.00642. The van der Waals surface area contributed by atoms with E-state index in [1.807, 2.05) is 62.4 Å². The quantitative estimate of drug-likeness (QED) is 0.0372. The number of hydrogen-bond donors (Lipinski definition) is 2. The molecule has 0 unspecified atom stereocenters. The van der Waals surface area contributed by atoms with Gasteiger partial charge in [0.1, 0.15) is 113 Å². The molecule has 15 rings (SSSR count). The summed E-state index contributed by atoms with van der Waals surface area (Å²) in [4.78, 5) is 52.7. The second-order valence-corrected chi connectivity index (χ2v) is 30.6. The van der Waals surface area contributed by atoms with Crippen LogP contribution >= 0.6 is 0 Å². The molecule has 0 radical (unpaired) electrons. The first-order chi connectivity index (χ1) is 58.2. The average molecular weight is 1630 g/mol. The molecule has 0 spiro atoms. The molecule has 0 bridgehead atoms. The fourth-order valence-electron chi connectivity index (χ4n) is 12.3. The highest BCUT2D eigenvalue weighted by Gasteiger charge is 2.26. The molecule has 20 nitrogen and oxygen atoms in total. The second kappa shape index (κ2) is 35.7. The third kappa shape index (κ3) is 19.9. The number of anilines is 2. The van der Waals surface area contributed by atoms with Gasteiger partial charge in [0.15, 0.2) is 23.1 Å². The van der Waals surface area contributed by atoms with Gasteiger partial charge in [-0.2, -0.15) is 0 Å². The number of benzene rings is 15. The predicted octanol–water partition coefficient (Wildman–Crippen LogP) is 23.2. The Morgan fingerprint density at radius 2 is 0.367 bits per heavy atom. The number of methoxy groups -OCH3 is 2. The molecule has 0 heterocycles. The minimum atomic E-state index is -4.31. The van der Waals surface area contributed by atoms with Gasteiger partial charge in [0.2, 0.25) is 0 Å². The number of ether oxygens (including phenoxy) is 10. The van der Waals surface area contributed by atoms with Crippen LogP contribution in [0, 0.1) is 13.8 Å². The van der Waals surface area contributed by atoms with Gasteiger partial charge in [-0.1, -0.05) is 59.7 Å². The van der Waals surface area contributed by atoms with Crippen LogP contribution in [0.5, 0.6) is 103 Å². The van der Waals surface area contributed by atoms with Gasteiger partial charge in [0.25, 0.3) is 20.0 Å². The fraction of sp³-hybridized carbons (Fsp3) is 0.0408. The van der Waals surface area contributed by atoms with E-state index in [2.05, 4.69) is 9.44 Å². The average Bonchev–Trinajstić information content (AvgIpc) is 0.784. The van der Waals surface area contributed by atoms with Crippen LogP contribution in [0.2, 0.25) is 0 Å². The maximum absolute atomic E-state index is 14.1. The Labute approximate surface area is 692 Å². The molecule has 0 aliphatic rings. The van der Waals surface area contributed by atoms with Gasteiger partial charge in [-0.05, 0) is 305 Å². The number of ketones is 4. The molecule has 22 heteroatoms. The fourth-order valence-corrected chi connectivity index (χ4v) is 14.7. The molecule has 120 heavy (non-hydrogen) atoms. The van der Waals surface area contributed by atoms with Crippen molar-refractivity contribution in [2.45, 2.75) is 23.6 Å². The Morgan fingerprint density at radius 3 is 0.558 bits per heavy atom. The maximum atomic E-state index is 14.1. The van der Waals surface area contributed by atoms with Crippen molar-refractivity contribution in [3.63, 3.8) is 0 Å². The third-order valence-corrected chi connectivity index (χ3v) is 21.6. The molecule has 0 aliphatic heterocycles. The molecule has 0 aliphatic carbocycles. The highest BCUT2D eigenvalue weighted by Crippen LogP contribution is 2.39. The Hall–Kier alpha value is -15.5. The van der Waals surface area contributed by atoms with Gasteiger partial charge in [0, 0.05) is 68.0 Å². The van der Waals surface area contributed by atoms with Gasteiger partial charge >= 0.3 is 0 Å². The van der Waals surface area contributed by atoms with E-state index < -0.39 is 20.0 Å². The van der Waals surface area contributed by atoms with Crippen LogP contribution in [-0.4, -0.2) is 54.2 Å². The summed E-state index contributed by atoms with van der Waals surface area (Å²) in [5.74, 6) is 6.43. The summed E-state index contributed by atoms with van der Waals surface area (Å²) in [5.41, 5.74) is 6.48. The predicted molar refractivity (Wildman–Crippen MR) is 455 cm³/mol. The molecule has 15 aromatic rings. The molecule has 0 saturated heterocycles. The first-order valence-corrected chi connectivity index (χ1v) is 40.4. The van der Waals surface area contributed by atoms with E-state index in [-0.39, 0.29) is 78.8 Å². The topological polar surface area (TPSA) is 253 Å². The lowest BCUT2D eigenvalue weighted by atomic mass is 10.0. The summed E-state index contributed by atoms with van der Waals surface area (Å²) in [6, 6.07) is 97.0. The van der Waals surface area contributed by atoms with Crippen molar-refractivity contribution in [3.05, 3.63) is 407 Å². The van der Waals surface area contributed by atoms with Crippen molar-refractivity contribution in [1.29, 1.82) is 0 Å². The Morgan fingerprint density at radius 1 is 0.208 bits per heavy atom. The molecular formula is C98H72N2O18S2. The SMILES string of the molecule is COc1ccc(Oc2ccc(C(=O)c3ccc(Oc4ccc(Oc5ccc(C(=O)c6ccc(C)cc6)cc5)cc4)cc3)cc2)c(S(=O)(=O)Nc2ccc(Oc3ccc(Oc4ccc(NS(=O)(=O)c5cc(OC)ccc5Oc5ccc(C(=O)c6ccc(Oc7ccc(Oc8ccc(C(=O)c9ccc(C)cc9)cc8)cc7)cc6)cc5)cc4)cc3)cc2)c1. The van der Waals surface area contributed by atoms with E-state index >= 15 is 0 Å². The molecule has 594 valence electrons. The van der Waals surface area contributed by atoms with E-state index in [0.717, 1.165) is 11.1 Å². The van der Waals surface area contributed by atoms with Crippen molar-refractivity contribution < 1.29 is 83.4 Å². The lowest BCUT2D eigenvalue weighted by molar-refractivity contribution is 0.103. The van der Waals surface area contributed by atoms with Crippen LogP contribution in [0.3, 0.4) is 0 Å². The number of sulfonamides is 2. The van der Waals surface area contributed by atoms with Gasteiger partial charge in [-0.3, -0.25) is 28.6 Å². The molecule has 0 atom stereocenters. The maximum Gasteiger partial charge on any atom is 0.265 e. The molecule has 0 fully saturated rings. The lowest BCUT2D eigenvalue weighted by Crippen LogP contribution is -2.14. The van der Waals surface area contributed by atoms with Crippen LogP contribution in [0.4, 0.5) is 11.4 Å². The summed E-state index contributed by atoms with van der Waals surface area (Å²) in [5, 5.41) is 0. The number of carbonyl (C=O) groups is 4. The van der Waals surface area contributed by atoms with Crippen LogP contribution < -0.4 is 56.8 Å². The molecule has 0 amide bonds. The first kappa shape index (κ1) is 79.7. The van der Waals surface area contributed by atoms with Crippen molar-refractivity contribution in [1.82, 2.24) is 0 Å². The second-order valence-electron chi connectivity index (χ2n) is 27.3. The van der Waals surface area contributed by atoms with Crippen LogP contribution in [0.25, 0.3) is 0 Å². The monoisotopic (exact) mass is 1630 g/mol. The van der Waals surface area contributed by atoms with E-state index in [9.17, 15) is 36.0 Å². The third-order valence-electron chi connectivity index (χ3n) is 18.8. The number of hydrogen-bond acceptors (Lipinski definition) is 18. The number of aryl methyl sites for hydroxylation is 2. The highest BCUT2D eigenvalue weighted by atomic mass is 32.2. The largest absolute Gasteiger partial charge is 0.497 e. The van der Waals surface area contributed by atoms with E-state index in [0.29, 0.717) is 114 Å². The molecule has 2 N–H and O–H groups in total. The van der Waals surface area contributed by atoms with Crippen molar-refractivity contribution in [3.8, 4) is 103 Å². The Balaban J connectivity index is 0.500. The molecule has 0 saturated carbocycles. The van der Waals surface area contributed by atoms with Crippen molar-refractivity contribution >= 4 is 54.6 Å². The Bertz CT molecular complexity index is 6050. The van der Waals surface area contributed by atoms with Gasteiger partial charge in [0.05, 0.1) is 14.2 Å². The molecular weight excluding hydrogens is 1560 g/mol. The van der Waals surface area contributed by atoms with E-state index in [4.69, 9.17) is 47.4 Å². The van der Waals surface area contributed by atoms with E-state index in [1.54, 1.807) is 279 Å². The van der Waals surface area contributed by atoms with Gasteiger partial charge in [-0.25, -0.2) is 16.8 Å². The number of rotatable bonds is 32. The zero-order valence-corrected chi connectivity index (χ0v) is 66.3. The summed E-state index contributed by atoms with van der Waals surface area (Å²) in [6.45, 7) is 3.94. The Kier molecular flexibility index (Phi) is 23.7. The minimum Gasteiger partial charge on any atom is -0.497 e.